The van der Waals surface area contributed by atoms with Gasteiger partial charge in [-0.05, 0) is 29.9 Å². The third-order valence-electron chi connectivity index (χ3n) is 3.61. The van der Waals surface area contributed by atoms with E-state index in [0.717, 1.165) is 12.8 Å². The summed E-state index contributed by atoms with van der Waals surface area (Å²) in [6.07, 6.45) is 2.11. The average molecular weight is 188 g/mol. The summed E-state index contributed by atoms with van der Waals surface area (Å²) in [7, 11) is 0. The van der Waals surface area contributed by atoms with Crippen molar-refractivity contribution in [3.63, 3.8) is 0 Å². The third-order valence-corrected chi connectivity index (χ3v) is 3.61. The zero-order valence-corrected chi connectivity index (χ0v) is 7.81. The van der Waals surface area contributed by atoms with Crippen LogP contribution in [0.4, 0.5) is 0 Å². The summed E-state index contributed by atoms with van der Waals surface area (Å²) in [5.41, 5.74) is 2.65. The smallest absolute Gasteiger partial charge is 0.307 e. The molecule has 2 aliphatic rings. The van der Waals surface area contributed by atoms with Gasteiger partial charge in [-0.2, -0.15) is 0 Å². The third kappa shape index (κ3) is 0.939. The van der Waals surface area contributed by atoms with Crippen molar-refractivity contribution >= 4 is 5.97 Å². The second-order valence-electron chi connectivity index (χ2n) is 4.29. The molecule has 0 bridgehead atoms. The standard InChI is InChI=1S/C12H12O2/c13-12(14)11-9-6-5-7-3-1-2-4-8(7)10(9)11/h1-4,9-11H,5-6H2,(H,13,14)/t9-,10+,11+/m1/s1. The van der Waals surface area contributed by atoms with E-state index in [-0.39, 0.29) is 5.92 Å². The van der Waals surface area contributed by atoms with Crippen LogP contribution in [-0.4, -0.2) is 11.1 Å². The lowest BCUT2D eigenvalue weighted by Gasteiger charge is -2.13. The van der Waals surface area contributed by atoms with Crippen LogP contribution in [0.2, 0.25) is 0 Å². The molecule has 1 saturated carbocycles. The van der Waals surface area contributed by atoms with E-state index in [1.165, 1.54) is 11.1 Å². The summed E-state index contributed by atoms with van der Waals surface area (Å²) in [5, 5.41) is 9.01. The van der Waals surface area contributed by atoms with Gasteiger partial charge in [0.2, 0.25) is 0 Å². The Bertz CT molecular complexity index is 397. The van der Waals surface area contributed by atoms with Crippen LogP contribution in [-0.2, 0) is 11.2 Å². The first-order chi connectivity index (χ1) is 6.79. The summed E-state index contributed by atoms with van der Waals surface area (Å²) in [6.45, 7) is 0. The average Bonchev–Trinajstić information content (AvgIpc) is 2.92. The Morgan fingerprint density at radius 1 is 1.36 bits per heavy atom. The van der Waals surface area contributed by atoms with Gasteiger partial charge in [-0.15, -0.1) is 0 Å². The van der Waals surface area contributed by atoms with Crippen molar-refractivity contribution in [2.24, 2.45) is 11.8 Å². The highest BCUT2D eigenvalue weighted by Gasteiger charge is 2.57. The van der Waals surface area contributed by atoms with E-state index in [2.05, 4.69) is 12.1 Å². The Hall–Kier alpha value is -1.31. The molecule has 3 rings (SSSR count). The van der Waals surface area contributed by atoms with Crippen molar-refractivity contribution < 1.29 is 9.90 Å². The maximum absolute atomic E-state index is 10.9. The first-order valence-electron chi connectivity index (χ1n) is 5.09. The van der Waals surface area contributed by atoms with Crippen LogP contribution in [0.5, 0.6) is 0 Å². The first kappa shape index (κ1) is 8.04. The van der Waals surface area contributed by atoms with Crippen molar-refractivity contribution in [1.82, 2.24) is 0 Å². The predicted molar refractivity (Wildman–Crippen MR) is 52.1 cm³/mol. The van der Waals surface area contributed by atoms with Gasteiger partial charge >= 0.3 is 5.97 Å². The zero-order valence-electron chi connectivity index (χ0n) is 7.81. The number of hydrogen-bond donors (Lipinski definition) is 1. The normalized spacial score (nSPS) is 33.0. The quantitative estimate of drug-likeness (QED) is 0.732. The highest BCUT2D eigenvalue weighted by molar-refractivity contribution is 5.76. The van der Waals surface area contributed by atoms with Crippen molar-refractivity contribution in [3.05, 3.63) is 35.4 Å². The summed E-state index contributed by atoms with van der Waals surface area (Å²) in [5.74, 6) is 0.0233. The van der Waals surface area contributed by atoms with E-state index in [9.17, 15) is 4.79 Å². The number of carbonyl (C=O) groups is 1. The van der Waals surface area contributed by atoms with Crippen molar-refractivity contribution in [2.75, 3.05) is 0 Å². The van der Waals surface area contributed by atoms with Gasteiger partial charge in [0.15, 0.2) is 0 Å². The van der Waals surface area contributed by atoms with Gasteiger partial charge in [0.25, 0.3) is 0 Å². The minimum absolute atomic E-state index is 0.0985. The van der Waals surface area contributed by atoms with Gasteiger partial charge in [0, 0.05) is 5.92 Å². The summed E-state index contributed by atoms with van der Waals surface area (Å²) in [6, 6.07) is 8.27. The van der Waals surface area contributed by atoms with E-state index in [1.807, 2.05) is 12.1 Å². The SMILES string of the molecule is O=C(O)[C@H]1[C@@H]2CCc3ccccc3[C@@H]21. The number of rotatable bonds is 1. The maximum atomic E-state index is 10.9. The molecule has 1 fully saturated rings. The predicted octanol–water partition coefficient (Wildman–Crippen LogP) is 2.05. The van der Waals surface area contributed by atoms with E-state index in [1.54, 1.807) is 0 Å². The highest BCUT2D eigenvalue weighted by atomic mass is 16.4. The second-order valence-corrected chi connectivity index (χ2v) is 4.29. The number of fused-ring (bicyclic) bond motifs is 3. The van der Waals surface area contributed by atoms with Crippen LogP contribution < -0.4 is 0 Å². The molecule has 2 nitrogen and oxygen atoms in total. The first-order valence-corrected chi connectivity index (χ1v) is 5.09. The molecule has 2 aliphatic carbocycles. The van der Waals surface area contributed by atoms with Crippen molar-refractivity contribution in [3.8, 4) is 0 Å². The van der Waals surface area contributed by atoms with Gasteiger partial charge in [-0.25, -0.2) is 0 Å². The summed E-state index contributed by atoms with van der Waals surface area (Å²) >= 11 is 0. The molecule has 0 saturated heterocycles. The Kier molecular flexibility index (Phi) is 1.49. The molecule has 0 spiro atoms. The highest BCUT2D eigenvalue weighted by Crippen LogP contribution is 2.59. The summed E-state index contributed by atoms with van der Waals surface area (Å²) in [4.78, 5) is 10.9. The number of carboxylic acid groups (broad SMARTS) is 1. The summed E-state index contributed by atoms with van der Waals surface area (Å²) < 4.78 is 0. The molecule has 0 amide bonds. The molecule has 14 heavy (non-hydrogen) atoms. The molecule has 3 atom stereocenters. The van der Waals surface area contributed by atoms with Crippen LogP contribution in [0.15, 0.2) is 24.3 Å². The van der Waals surface area contributed by atoms with Gasteiger partial charge in [-0.3, -0.25) is 4.79 Å². The van der Waals surface area contributed by atoms with Gasteiger partial charge < -0.3 is 5.11 Å². The number of aryl methyl sites for hydroxylation is 1. The largest absolute Gasteiger partial charge is 0.481 e. The maximum Gasteiger partial charge on any atom is 0.307 e. The lowest BCUT2D eigenvalue weighted by molar-refractivity contribution is -0.138. The lowest BCUT2D eigenvalue weighted by Crippen LogP contribution is -2.00. The molecule has 0 unspecified atom stereocenters. The Morgan fingerprint density at radius 2 is 2.14 bits per heavy atom. The van der Waals surface area contributed by atoms with Gasteiger partial charge in [0.05, 0.1) is 5.92 Å². The molecular weight excluding hydrogens is 176 g/mol. The van der Waals surface area contributed by atoms with Crippen LogP contribution in [0.1, 0.15) is 23.5 Å². The van der Waals surface area contributed by atoms with Crippen molar-refractivity contribution in [2.45, 2.75) is 18.8 Å². The molecule has 1 aromatic carbocycles. The Labute approximate surface area is 82.6 Å². The van der Waals surface area contributed by atoms with Crippen LogP contribution in [0, 0.1) is 11.8 Å². The Morgan fingerprint density at radius 3 is 2.93 bits per heavy atom. The Balaban J connectivity index is 2.00. The second kappa shape index (κ2) is 2.59. The fourth-order valence-corrected chi connectivity index (χ4v) is 2.90. The fourth-order valence-electron chi connectivity index (χ4n) is 2.90. The molecule has 0 aliphatic heterocycles. The van der Waals surface area contributed by atoms with E-state index < -0.39 is 5.97 Å². The number of benzene rings is 1. The zero-order chi connectivity index (χ0) is 9.71. The van der Waals surface area contributed by atoms with Crippen LogP contribution in [0.25, 0.3) is 0 Å². The number of hydrogen-bond acceptors (Lipinski definition) is 1. The number of aliphatic carboxylic acids is 1. The molecule has 1 aromatic rings. The molecule has 1 N–H and O–H groups in total. The molecular formula is C12H12O2. The van der Waals surface area contributed by atoms with E-state index in [4.69, 9.17) is 5.11 Å². The monoisotopic (exact) mass is 188 g/mol. The molecule has 0 radical (unpaired) electrons. The van der Waals surface area contributed by atoms with E-state index >= 15 is 0 Å². The van der Waals surface area contributed by atoms with Gasteiger partial charge in [0.1, 0.15) is 0 Å². The van der Waals surface area contributed by atoms with Crippen molar-refractivity contribution in [1.29, 1.82) is 0 Å². The topological polar surface area (TPSA) is 37.3 Å². The molecule has 2 heteroatoms. The molecule has 0 aromatic heterocycles. The molecule has 0 heterocycles. The van der Waals surface area contributed by atoms with Crippen LogP contribution >= 0.6 is 0 Å². The lowest BCUT2D eigenvalue weighted by atomic mass is 9.92. The van der Waals surface area contributed by atoms with Gasteiger partial charge in [-0.1, -0.05) is 24.3 Å². The fraction of sp³-hybridized carbons (Fsp3) is 0.417. The minimum Gasteiger partial charge on any atom is -0.481 e. The minimum atomic E-state index is -0.614. The molecule has 72 valence electrons. The van der Waals surface area contributed by atoms with Crippen LogP contribution in [0.3, 0.4) is 0 Å². The number of carboxylic acids is 1. The van der Waals surface area contributed by atoms with E-state index in [0.29, 0.717) is 11.8 Å².